The highest BCUT2D eigenvalue weighted by Gasteiger charge is 2.11. The van der Waals surface area contributed by atoms with Crippen LogP contribution in [0.2, 0.25) is 0 Å². The number of pyridine rings is 1. The molecular weight excluding hydrogens is 242 g/mol. The molecule has 2 N–H and O–H groups in total. The molecule has 1 atom stereocenters. The lowest BCUT2D eigenvalue weighted by Gasteiger charge is -2.10. The third-order valence-electron chi connectivity index (χ3n) is 2.60. The van der Waals surface area contributed by atoms with Crippen molar-refractivity contribution in [3.05, 3.63) is 36.0 Å². The van der Waals surface area contributed by atoms with Crippen molar-refractivity contribution in [3.63, 3.8) is 0 Å². The minimum absolute atomic E-state index is 0.0209. The fourth-order valence-electron chi connectivity index (χ4n) is 1.57. The van der Waals surface area contributed by atoms with Gasteiger partial charge in [0.2, 0.25) is 5.89 Å². The largest absolute Gasteiger partial charge is 0.407 e. The fourth-order valence-corrected chi connectivity index (χ4v) is 1.57. The van der Waals surface area contributed by atoms with Crippen molar-refractivity contribution >= 4 is 6.01 Å². The van der Waals surface area contributed by atoms with Gasteiger partial charge in [-0.05, 0) is 19.1 Å². The first-order chi connectivity index (χ1) is 9.15. The quantitative estimate of drug-likeness (QED) is 0.829. The molecule has 2 aromatic heterocycles. The van der Waals surface area contributed by atoms with E-state index in [1.165, 1.54) is 0 Å². The average Bonchev–Trinajstić information content (AvgIpc) is 2.85. The Kier molecular flexibility index (Phi) is 4.46. The molecular formula is C13H19N5O. The van der Waals surface area contributed by atoms with Gasteiger partial charge in [0.1, 0.15) is 0 Å². The van der Waals surface area contributed by atoms with Gasteiger partial charge in [0.05, 0.1) is 18.3 Å². The van der Waals surface area contributed by atoms with Crippen molar-refractivity contribution in [3.8, 4) is 0 Å². The lowest BCUT2D eigenvalue weighted by molar-refractivity contribution is 0.456. The van der Waals surface area contributed by atoms with Crippen molar-refractivity contribution in [2.24, 2.45) is 0 Å². The third-order valence-corrected chi connectivity index (χ3v) is 2.60. The molecule has 2 rings (SSSR count). The van der Waals surface area contributed by atoms with Gasteiger partial charge in [-0.2, -0.15) is 0 Å². The summed E-state index contributed by atoms with van der Waals surface area (Å²) < 4.78 is 5.50. The Morgan fingerprint density at radius 3 is 2.74 bits per heavy atom. The molecule has 0 aliphatic heterocycles. The van der Waals surface area contributed by atoms with E-state index in [0.717, 1.165) is 5.69 Å². The summed E-state index contributed by atoms with van der Waals surface area (Å²) in [5.74, 6) is 0.574. The highest BCUT2D eigenvalue weighted by molar-refractivity contribution is 5.24. The number of hydrogen-bond donors (Lipinski definition) is 2. The van der Waals surface area contributed by atoms with Gasteiger partial charge in [-0.1, -0.05) is 25.0 Å². The second-order valence-electron chi connectivity index (χ2n) is 4.66. The Morgan fingerprint density at radius 1 is 1.21 bits per heavy atom. The second kappa shape index (κ2) is 6.29. The topological polar surface area (TPSA) is 75.9 Å². The standard InChI is InChI=1S/C13H19N5O/c1-9(2)15-8-12-17-18-13(19-12)16-10(3)11-6-4-5-7-14-11/h4-7,9-10,15H,8H2,1-3H3,(H,16,18). The molecule has 0 spiro atoms. The number of hydrogen-bond acceptors (Lipinski definition) is 6. The molecule has 2 aromatic rings. The van der Waals surface area contributed by atoms with Crippen molar-refractivity contribution in [1.29, 1.82) is 0 Å². The molecule has 0 aromatic carbocycles. The Labute approximate surface area is 112 Å². The number of rotatable bonds is 6. The number of nitrogens with zero attached hydrogens (tertiary/aromatic N) is 3. The minimum Gasteiger partial charge on any atom is -0.407 e. The van der Waals surface area contributed by atoms with Crippen molar-refractivity contribution in [2.75, 3.05) is 5.32 Å². The first-order valence-electron chi connectivity index (χ1n) is 6.38. The van der Waals surface area contributed by atoms with Crippen LogP contribution in [0.5, 0.6) is 0 Å². The third kappa shape index (κ3) is 4.03. The van der Waals surface area contributed by atoms with E-state index < -0.39 is 0 Å². The summed E-state index contributed by atoms with van der Waals surface area (Å²) in [5.41, 5.74) is 0.933. The van der Waals surface area contributed by atoms with Crippen LogP contribution in [0.25, 0.3) is 0 Å². The van der Waals surface area contributed by atoms with Crippen LogP contribution in [0.15, 0.2) is 28.8 Å². The monoisotopic (exact) mass is 261 g/mol. The van der Waals surface area contributed by atoms with E-state index in [1.54, 1.807) is 6.20 Å². The zero-order valence-electron chi connectivity index (χ0n) is 11.4. The molecule has 102 valence electrons. The molecule has 0 saturated heterocycles. The smallest absolute Gasteiger partial charge is 0.316 e. The summed E-state index contributed by atoms with van der Waals surface area (Å²) in [6, 6.07) is 6.61. The Bertz CT molecular complexity index is 497. The summed E-state index contributed by atoms with van der Waals surface area (Å²) in [6.07, 6.45) is 1.76. The van der Waals surface area contributed by atoms with Gasteiger partial charge in [0.15, 0.2) is 0 Å². The molecule has 0 radical (unpaired) electrons. The van der Waals surface area contributed by atoms with Crippen molar-refractivity contribution < 1.29 is 4.42 Å². The number of nitrogens with one attached hydrogen (secondary N) is 2. The Hall–Kier alpha value is -1.95. The lowest BCUT2D eigenvalue weighted by atomic mass is 10.2. The molecule has 0 bridgehead atoms. The molecule has 6 nitrogen and oxygen atoms in total. The predicted molar refractivity (Wildman–Crippen MR) is 72.5 cm³/mol. The van der Waals surface area contributed by atoms with Crippen molar-refractivity contribution in [1.82, 2.24) is 20.5 Å². The SMILES string of the molecule is CC(C)NCc1nnc(NC(C)c2ccccn2)o1. The van der Waals surface area contributed by atoms with E-state index in [4.69, 9.17) is 4.42 Å². The highest BCUT2D eigenvalue weighted by atomic mass is 16.4. The van der Waals surface area contributed by atoms with Gasteiger partial charge in [-0.3, -0.25) is 4.98 Å². The van der Waals surface area contributed by atoms with E-state index in [1.807, 2.05) is 25.1 Å². The molecule has 2 heterocycles. The lowest BCUT2D eigenvalue weighted by Crippen LogP contribution is -2.21. The maximum absolute atomic E-state index is 5.50. The molecule has 6 heteroatoms. The molecule has 19 heavy (non-hydrogen) atoms. The van der Waals surface area contributed by atoms with Crippen LogP contribution >= 0.6 is 0 Å². The van der Waals surface area contributed by atoms with Gasteiger partial charge >= 0.3 is 6.01 Å². The van der Waals surface area contributed by atoms with Gasteiger partial charge < -0.3 is 15.1 Å². The Balaban J connectivity index is 1.93. The first-order valence-corrected chi connectivity index (χ1v) is 6.38. The summed E-state index contributed by atoms with van der Waals surface area (Å²) in [5, 5.41) is 14.3. The Morgan fingerprint density at radius 2 is 2.05 bits per heavy atom. The van der Waals surface area contributed by atoms with E-state index in [9.17, 15) is 0 Å². The van der Waals surface area contributed by atoms with E-state index >= 15 is 0 Å². The van der Waals surface area contributed by atoms with Crippen LogP contribution in [-0.2, 0) is 6.54 Å². The first kappa shape index (κ1) is 13.5. The summed E-state index contributed by atoms with van der Waals surface area (Å²) in [6.45, 7) is 6.71. The number of aromatic nitrogens is 3. The van der Waals surface area contributed by atoms with E-state index in [2.05, 4.69) is 39.7 Å². The van der Waals surface area contributed by atoms with Gasteiger partial charge in [-0.15, -0.1) is 5.10 Å². The second-order valence-corrected chi connectivity index (χ2v) is 4.66. The van der Waals surface area contributed by atoms with E-state index in [-0.39, 0.29) is 6.04 Å². The molecule has 0 amide bonds. The number of anilines is 1. The zero-order chi connectivity index (χ0) is 13.7. The normalized spacial score (nSPS) is 12.6. The molecule has 0 aliphatic rings. The molecule has 0 saturated carbocycles. The van der Waals surface area contributed by atoms with Gasteiger partial charge in [0, 0.05) is 12.2 Å². The minimum atomic E-state index is 0.0209. The van der Waals surface area contributed by atoms with Crippen LogP contribution < -0.4 is 10.6 Å². The summed E-state index contributed by atoms with van der Waals surface area (Å²) in [4.78, 5) is 4.28. The zero-order valence-corrected chi connectivity index (χ0v) is 11.4. The van der Waals surface area contributed by atoms with E-state index in [0.29, 0.717) is 24.5 Å². The van der Waals surface area contributed by atoms with Crippen molar-refractivity contribution in [2.45, 2.75) is 39.4 Å². The molecule has 0 fully saturated rings. The van der Waals surface area contributed by atoms with Crippen LogP contribution in [0.4, 0.5) is 6.01 Å². The fraction of sp³-hybridized carbons (Fsp3) is 0.462. The maximum Gasteiger partial charge on any atom is 0.316 e. The van der Waals surface area contributed by atoms with Crippen LogP contribution in [-0.4, -0.2) is 21.2 Å². The van der Waals surface area contributed by atoms with Crippen LogP contribution in [0.3, 0.4) is 0 Å². The van der Waals surface area contributed by atoms with Crippen LogP contribution in [0.1, 0.15) is 38.4 Å². The molecule has 1 unspecified atom stereocenters. The average molecular weight is 261 g/mol. The summed E-state index contributed by atoms with van der Waals surface area (Å²) >= 11 is 0. The van der Waals surface area contributed by atoms with Crippen LogP contribution in [0, 0.1) is 0 Å². The highest BCUT2D eigenvalue weighted by Crippen LogP contribution is 2.15. The van der Waals surface area contributed by atoms with Gasteiger partial charge in [-0.25, -0.2) is 0 Å². The van der Waals surface area contributed by atoms with Gasteiger partial charge in [0.25, 0.3) is 0 Å². The molecule has 0 aliphatic carbocycles. The predicted octanol–water partition coefficient (Wildman–Crippen LogP) is 2.14. The summed E-state index contributed by atoms with van der Waals surface area (Å²) in [7, 11) is 0. The maximum atomic E-state index is 5.50.